The fourth-order valence-electron chi connectivity index (χ4n) is 1.48. The number of amides is 1. The Morgan fingerprint density at radius 3 is 2.55 bits per heavy atom. The van der Waals surface area contributed by atoms with Gasteiger partial charge in [0.05, 0.1) is 11.8 Å². The van der Waals surface area contributed by atoms with Crippen LogP contribution in [0.15, 0.2) is 24.3 Å². The summed E-state index contributed by atoms with van der Waals surface area (Å²) < 4.78 is 32.4. The lowest BCUT2D eigenvalue weighted by Crippen LogP contribution is -2.37. The summed E-state index contributed by atoms with van der Waals surface area (Å²) >= 11 is 0. The zero-order valence-electron chi connectivity index (χ0n) is 11.6. The molecule has 0 saturated heterocycles. The van der Waals surface area contributed by atoms with Crippen molar-refractivity contribution >= 4 is 22.0 Å². The van der Waals surface area contributed by atoms with E-state index < -0.39 is 22.4 Å². The summed E-state index contributed by atoms with van der Waals surface area (Å²) in [5, 5.41) is 2.93. The molecule has 1 aromatic carbocycles. The van der Waals surface area contributed by atoms with Crippen LogP contribution in [0.5, 0.6) is 0 Å². The first-order valence-electron chi connectivity index (χ1n) is 6.07. The number of nitrogens with one attached hydrogen (secondary N) is 3. The molecule has 0 bridgehead atoms. The lowest BCUT2D eigenvalue weighted by Gasteiger charge is -2.13. The van der Waals surface area contributed by atoms with E-state index in [9.17, 15) is 13.2 Å². The topological polar surface area (TPSA) is 96.5 Å². The maximum Gasteiger partial charge on any atom is 0.422 e. The van der Waals surface area contributed by atoms with Crippen molar-refractivity contribution in [1.82, 2.24) is 10.0 Å². The van der Waals surface area contributed by atoms with Crippen molar-refractivity contribution in [2.75, 3.05) is 11.8 Å². The lowest BCUT2D eigenvalue weighted by atomic mass is 10.2. The molecule has 0 spiro atoms. The van der Waals surface area contributed by atoms with Crippen LogP contribution >= 0.6 is 0 Å². The molecule has 1 amide bonds. The van der Waals surface area contributed by atoms with Crippen molar-refractivity contribution in [1.29, 1.82) is 0 Å². The van der Waals surface area contributed by atoms with Gasteiger partial charge in [-0.15, -0.1) is 0 Å². The van der Waals surface area contributed by atoms with Gasteiger partial charge in [-0.1, -0.05) is 18.2 Å². The molecule has 3 N–H and O–H groups in total. The fraction of sp³-hybridized carbons (Fsp3) is 0.417. The average molecular weight is 301 g/mol. The van der Waals surface area contributed by atoms with E-state index in [0.29, 0.717) is 12.2 Å². The number of benzene rings is 1. The summed E-state index contributed by atoms with van der Waals surface area (Å²) in [6.45, 7) is 3.75. The van der Waals surface area contributed by atoms with Crippen molar-refractivity contribution in [2.24, 2.45) is 0 Å². The summed E-state index contributed by atoms with van der Waals surface area (Å²) in [5.74, 6) is 0. The third kappa shape index (κ3) is 5.45. The van der Waals surface area contributed by atoms with E-state index in [1.165, 1.54) is 0 Å². The minimum atomic E-state index is -4.02. The number of carbonyl (C=O) groups is 1. The summed E-state index contributed by atoms with van der Waals surface area (Å²) in [5.41, 5.74) is 1.16. The Kier molecular flexibility index (Phi) is 5.78. The van der Waals surface area contributed by atoms with Crippen LogP contribution in [0, 0.1) is 0 Å². The summed E-state index contributed by atoms with van der Waals surface area (Å²) in [6, 6.07) is 6.88. The van der Waals surface area contributed by atoms with Gasteiger partial charge in [0.15, 0.2) is 0 Å². The number of hydrogen-bond donors (Lipinski definition) is 3. The molecule has 1 aromatic rings. The molecule has 0 unspecified atom stereocenters. The van der Waals surface area contributed by atoms with Crippen LogP contribution in [-0.4, -0.2) is 27.7 Å². The molecule has 0 fully saturated rings. The molecule has 20 heavy (non-hydrogen) atoms. The Labute approximate surface area is 118 Å². The van der Waals surface area contributed by atoms with Crippen molar-refractivity contribution < 1.29 is 17.9 Å². The SMILES string of the molecule is CNCc1ccccc1NS(=O)(=O)NC(=O)OC(C)C. The smallest absolute Gasteiger partial charge is 0.422 e. The Morgan fingerprint density at radius 1 is 1.30 bits per heavy atom. The monoisotopic (exact) mass is 301 g/mol. The third-order valence-electron chi connectivity index (χ3n) is 2.19. The van der Waals surface area contributed by atoms with E-state index in [2.05, 4.69) is 10.0 Å². The minimum Gasteiger partial charge on any atom is -0.446 e. The number of anilines is 1. The first-order valence-corrected chi connectivity index (χ1v) is 7.56. The molecule has 0 aliphatic heterocycles. The highest BCUT2D eigenvalue weighted by Gasteiger charge is 2.17. The summed E-state index contributed by atoms with van der Waals surface area (Å²) in [6.07, 6.45) is -1.42. The quantitative estimate of drug-likeness (QED) is 0.733. The van der Waals surface area contributed by atoms with Gasteiger partial charge in [-0.25, -0.2) is 9.52 Å². The fourth-order valence-corrected chi connectivity index (χ4v) is 2.29. The Morgan fingerprint density at radius 2 is 1.95 bits per heavy atom. The van der Waals surface area contributed by atoms with Gasteiger partial charge in [-0.05, 0) is 32.5 Å². The minimum absolute atomic E-state index is 0.395. The predicted octanol–water partition coefficient (Wildman–Crippen LogP) is 1.20. The average Bonchev–Trinajstić information content (AvgIpc) is 2.29. The Hall–Kier alpha value is -1.80. The first-order chi connectivity index (χ1) is 9.34. The van der Waals surface area contributed by atoms with Crippen molar-refractivity contribution in [3.8, 4) is 0 Å². The molecule has 0 heterocycles. The van der Waals surface area contributed by atoms with Gasteiger partial charge in [-0.2, -0.15) is 8.42 Å². The molecule has 7 nitrogen and oxygen atoms in total. The predicted molar refractivity (Wildman–Crippen MR) is 76.5 cm³/mol. The molecule has 0 aliphatic carbocycles. The van der Waals surface area contributed by atoms with E-state index >= 15 is 0 Å². The Bertz CT molecular complexity index is 558. The van der Waals surface area contributed by atoms with Gasteiger partial charge in [0.2, 0.25) is 0 Å². The van der Waals surface area contributed by atoms with E-state index in [0.717, 1.165) is 5.56 Å². The van der Waals surface area contributed by atoms with Crippen LogP contribution in [0.3, 0.4) is 0 Å². The van der Waals surface area contributed by atoms with E-state index in [1.807, 2.05) is 0 Å². The van der Waals surface area contributed by atoms with Gasteiger partial charge in [0, 0.05) is 6.54 Å². The van der Waals surface area contributed by atoms with Gasteiger partial charge < -0.3 is 10.1 Å². The van der Waals surface area contributed by atoms with Crippen LogP contribution < -0.4 is 14.8 Å². The van der Waals surface area contributed by atoms with E-state index in [-0.39, 0.29) is 0 Å². The van der Waals surface area contributed by atoms with Crippen molar-refractivity contribution in [3.05, 3.63) is 29.8 Å². The van der Waals surface area contributed by atoms with Crippen LogP contribution in [0.4, 0.5) is 10.5 Å². The van der Waals surface area contributed by atoms with Gasteiger partial charge in [0.25, 0.3) is 0 Å². The van der Waals surface area contributed by atoms with Crippen LogP contribution in [0.2, 0.25) is 0 Å². The second-order valence-electron chi connectivity index (χ2n) is 4.35. The first kappa shape index (κ1) is 16.3. The zero-order chi connectivity index (χ0) is 15.2. The highest BCUT2D eigenvalue weighted by Crippen LogP contribution is 2.15. The second-order valence-corrected chi connectivity index (χ2v) is 5.76. The molecular formula is C12H19N3O4S. The maximum atomic E-state index is 11.8. The summed E-state index contributed by atoms with van der Waals surface area (Å²) in [7, 11) is -2.27. The molecule has 0 atom stereocenters. The van der Waals surface area contributed by atoms with Crippen molar-refractivity contribution in [2.45, 2.75) is 26.5 Å². The molecule has 112 valence electrons. The lowest BCUT2D eigenvalue weighted by molar-refractivity contribution is 0.121. The summed E-state index contributed by atoms with van der Waals surface area (Å²) in [4.78, 5) is 11.3. The van der Waals surface area contributed by atoms with E-state index in [4.69, 9.17) is 4.74 Å². The van der Waals surface area contributed by atoms with Crippen molar-refractivity contribution in [3.63, 3.8) is 0 Å². The number of ether oxygens (including phenoxy) is 1. The number of para-hydroxylation sites is 1. The largest absolute Gasteiger partial charge is 0.446 e. The van der Waals surface area contributed by atoms with Crippen LogP contribution in [0.1, 0.15) is 19.4 Å². The molecule has 0 aliphatic rings. The third-order valence-corrected chi connectivity index (χ3v) is 3.11. The standard InChI is InChI=1S/C12H19N3O4S/c1-9(2)19-12(16)15-20(17,18)14-11-7-5-4-6-10(11)8-13-3/h4-7,9,13-14H,8H2,1-3H3,(H,15,16). The van der Waals surface area contributed by atoms with Crippen LogP contribution in [0.25, 0.3) is 0 Å². The second kappa shape index (κ2) is 7.11. The molecule has 0 saturated carbocycles. The normalized spacial score (nSPS) is 11.2. The maximum absolute atomic E-state index is 11.8. The molecular weight excluding hydrogens is 282 g/mol. The van der Waals surface area contributed by atoms with Gasteiger partial charge >= 0.3 is 16.3 Å². The molecule has 1 rings (SSSR count). The van der Waals surface area contributed by atoms with Gasteiger partial charge in [0.1, 0.15) is 0 Å². The van der Waals surface area contributed by atoms with Crippen LogP contribution in [-0.2, 0) is 21.5 Å². The molecule has 0 aromatic heterocycles. The molecule has 0 radical (unpaired) electrons. The van der Waals surface area contributed by atoms with Gasteiger partial charge in [-0.3, -0.25) is 4.72 Å². The highest BCUT2D eigenvalue weighted by atomic mass is 32.2. The zero-order valence-corrected chi connectivity index (χ0v) is 12.5. The number of rotatable bonds is 6. The highest BCUT2D eigenvalue weighted by molar-refractivity contribution is 7.91. The molecule has 8 heteroatoms. The number of carbonyl (C=O) groups excluding carboxylic acids is 1. The number of hydrogen-bond acceptors (Lipinski definition) is 5. The Balaban J connectivity index is 2.78. The van der Waals surface area contributed by atoms with E-state index in [1.54, 1.807) is 49.9 Å².